The third-order valence-corrected chi connectivity index (χ3v) is 6.82. The van der Waals surface area contributed by atoms with Crippen LogP contribution in [0.3, 0.4) is 0 Å². The number of aromatic nitrogens is 1. The summed E-state index contributed by atoms with van der Waals surface area (Å²) in [4.78, 5) is 0.404. The second kappa shape index (κ2) is 6.33. The zero-order chi connectivity index (χ0) is 17.5. The fourth-order valence-corrected chi connectivity index (χ4v) is 5.51. The summed E-state index contributed by atoms with van der Waals surface area (Å²) in [5.41, 5.74) is 3.47. The van der Waals surface area contributed by atoms with Gasteiger partial charge in [0.05, 0.1) is 16.6 Å². The van der Waals surface area contributed by atoms with Crippen LogP contribution in [-0.2, 0) is 16.4 Å². The lowest BCUT2D eigenvalue weighted by atomic mass is 10.0. The Labute approximate surface area is 143 Å². The van der Waals surface area contributed by atoms with Crippen molar-refractivity contribution in [1.82, 2.24) is 9.46 Å². The maximum absolute atomic E-state index is 13.3. The molecule has 6 heteroatoms. The van der Waals surface area contributed by atoms with Gasteiger partial charge in [-0.3, -0.25) is 0 Å². The molecule has 1 fully saturated rings. The highest BCUT2D eigenvalue weighted by atomic mass is 32.2. The molecular weight excluding hydrogens is 324 g/mol. The highest BCUT2D eigenvalue weighted by molar-refractivity contribution is 7.89. The molecule has 2 aromatic rings. The normalized spacial score (nSPS) is 19.1. The third kappa shape index (κ3) is 2.78. The molecule has 1 aliphatic heterocycles. The molecule has 0 unspecified atom stereocenters. The van der Waals surface area contributed by atoms with Gasteiger partial charge >= 0.3 is 0 Å². The van der Waals surface area contributed by atoms with Crippen LogP contribution in [0.2, 0.25) is 0 Å². The van der Waals surface area contributed by atoms with E-state index in [1.165, 1.54) is 0 Å². The SMILES string of the molecule is CCc1onc(C)c1[C@@H]1CCCN1S(=O)(=O)c1cc(C)ccc1C. The Morgan fingerprint density at radius 1 is 1.29 bits per heavy atom. The molecule has 1 aromatic heterocycles. The van der Waals surface area contributed by atoms with Gasteiger partial charge in [0.1, 0.15) is 5.76 Å². The van der Waals surface area contributed by atoms with Crippen molar-refractivity contribution in [3.63, 3.8) is 0 Å². The molecule has 1 saturated heterocycles. The molecule has 130 valence electrons. The predicted molar refractivity (Wildman–Crippen MR) is 92.4 cm³/mol. The first-order chi connectivity index (χ1) is 11.4. The van der Waals surface area contributed by atoms with Gasteiger partial charge in [-0.15, -0.1) is 0 Å². The van der Waals surface area contributed by atoms with Crippen molar-refractivity contribution >= 4 is 10.0 Å². The van der Waals surface area contributed by atoms with E-state index in [9.17, 15) is 8.42 Å². The van der Waals surface area contributed by atoms with Crippen LogP contribution in [0.4, 0.5) is 0 Å². The minimum atomic E-state index is -3.54. The Kier molecular flexibility index (Phi) is 4.53. The maximum atomic E-state index is 13.3. The van der Waals surface area contributed by atoms with E-state index in [-0.39, 0.29) is 6.04 Å². The van der Waals surface area contributed by atoms with E-state index in [1.54, 1.807) is 10.4 Å². The molecule has 24 heavy (non-hydrogen) atoms. The van der Waals surface area contributed by atoms with E-state index in [1.807, 2.05) is 39.8 Å². The Balaban J connectivity index is 2.07. The Bertz CT molecular complexity index is 855. The molecular formula is C18H24N2O3S. The maximum Gasteiger partial charge on any atom is 0.243 e. The van der Waals surface area contributed by atoms with Gasteiger partial charge in [0, 0.05) is 18.5 Å². The number of nitrogens with zero attached hydrogens (tertiary/aromatic N) is 2. The summed E-state index contributed by atoms with van der Waals surface area (Å²) in [5, 5.41) is 4.06. The number of sulfonamides is 1. The topological polar surface area (TPSA) is 63.4 Å². The summed E-state index contributed by atoms with van der Waals surface area (Å²) in [7, 11) is -3.54. The monoisotopic (exact) mass is 348 g/mol. The van der Waals surface area contributed by atoms with Crippen molar-refractivity contribution in [3.05, 3.63) is 46.3 Å². The van der Waals surface area contributed by atoms with Gasteiger partial charge in [0.25, 0.3) is 0 Å². The molecule has 3 rings (SSSR count). The van der Waals surface area contributed by atoms with Crippen LogP contribution >= 0.6 is 0 Å². The quantitative estimate of drug-likeness (QED) is 0.845. The molecule has 1 atom stereocenters. The highest BCUT2D eigenvalue weighted by Gasteiger charge is 2.39. The van der Waals surface area contributed by atoms with Crippen molar-refractivity contribution < 1.29 is 12.9 Å². The smallest absolute Gasteiger partial charge is 0.243 e. The van der Waals surface area contributed by atoms with Gasteiger partial charge in [-0.25, -0.2) is 8.42 Å². The number of rotatable bonds is 4. The average Bonchev–Trinajstić information content (AvgIpc) is 3.15. The van der Waals surface area contributed by atoms with Crippen LogP contribution in [0.15, 0.2) is 27.6 Å². The second-order valence-corrected chi connectivity index (χ2v) is 8.36. The van der Waals surface area contributed by atoms with Crippen LogP contribution in [0.25, 0.3) is 0 Å². The Morgan fingerprint density at radius 2 is 2.04 bits per heavy atom. The Morgan fingerprint density at radius 3 is 2.75 bits per heavy atom. The van der Waals surface area contributed by atoms with Crippen LogP contribution in [-0.4, -0.2) is 24.4 Å². The zero-order valence-corrected chi connectivity index (χ0v) is 15.5. The van der Waals surface area contributed by atoms with Crippen LogP contribution in [0.1, 0.15) is 54.0 Å². The number of hydrogen-bond acceptors (Lipinski definition) is 4. The summed E-state index contributed by atoms with van der Waals surface area (Å²) in [6.45, 7) is 8.19. The summed E-state index contributed by atoms with van der Waals surface area (Å²) in [6, 6.07) is 5.39. The first-order valence-electron chi connectivity index (χ1n) is 8.40. The van der Waals surface area contributed by atoms with Gasteiger partial charge in [0.15, 0.2) is 0 Å². The molecule has 5 nitrogen and oxygen atoms in total. The van der Waals surface area contributed by atoms with Crippen molar-refractivity contribution in [3.8, 4) is 0 Å². The summed E-state index contributed by atoms with van der Waals surface area (Å²) in [5.74, 6) is 0.792. The fourth-order valence-electron chi connectivity index (χ4n) is 3.53. The van der Waals surface area contributed by atoms with Gasteiger partial charge in [-0.1, -0.05) is 24.2 Å². The standard InChI is InChI=1S/C18H24N2O3S/c1-5-16-18(14(4)19-23-16)15-7-6-10-20(15)24(21,22)17-11-12(2)8-9-13(17)3/h8-9,11,15H,5-7,10H2,1-4H3/t15-/m0/s1. The van der Waals surface area contributed by atoms with E-state index in [0.29, 0.717) is 17.9 Å². The summed E-state index contributed by atoms with van der Waals surface area (Å²) < 4.78 is 33.6. The minimum absolute atomic E-state index is 0.184. The minimum Gasteiger partial charge on any atom is -0.361 e. The van der Waals surface area contributed by atoms with Crippen LogP contribution < -0.4 is 0 Å². The van der Waals surface area contributed by atoms with Gasteiger partial charge in [-0.05, 0) is 50.8 Å². The zero-order valence-electron chi connectivity index (χ0n) is 14.7. The number of hydrogen-bond donors (Lipinski definition) is 0. The average molecular weight is 348 g/mol. The first-order valence-corrected chi connectivity index (χ1v) is 9.84. The van der Waals surface area contributed by atoms with E-state index < -0.39 is 10.0 Å². The third-order valence-electron chi connectivity index (χ3n) is 4.77. The summed E-state index contributed by atoms with van der Waals surface area (Å²) in [6.07, 6.45) is 2.37. The molecule has 0 saturated carbocycles. The summed E-state index contributed by atoms with van der Waals surface area (Å²) >= 11 is 0. The van der Waals surface area contributed by atoms with Gasteiger partial charge in [-0.2, -0.15) is 4.31 Å². The molecule has 1 aromatic carbocycles. The fraction of sp³-hybridized carbons (Fsp3) is 0.500. The Hall–Kier alpha value is -1.66. The van der Waals surface area contributed by atoms with Crippen LogP contribution in [0.5, 0.6) is 0 Å². The van der Waals surface area contributed by atoms with Crippen molar-refractivity contribution in [2.24, 2.45) is 0 Å². The van der Waals surface area contributed by atoms with Crippen molar-refractivity contribution in [2.45, 2.75) is 57.9 Å². The molecule has 0 bridgehead atoms. The molecule has 1 aliphatic rings. The molecule has 0 aliphatic carbocycles. The highest BCUT2D eigenvalue weighted by Crippen LogP contribution is 2.40. The van der Waals surface area contributed by atoms with Crippen molar-refractivity contribution in [2.75, 3.05) is 6.54 Å². The van der Waals surface area contributed by atoms with Crippen molar-refractivity contribution in [1.29, 1.82) is 0 Å². The molecule has 2 heterocycles. The van der Waals surface area contributed by atoms with E-state index >= 15 is 0 Å². The molecule has 0 N–H and O–H groups in total. The lowest BCUT2D eigenvalue weighted by molar-refractivity contribution is 0.368. The second-order valence-electron chi connectivity index (χ2n) is 6.50. The lowest BCUT2D eigenvalue weighted by Crippen LogP contribution is -2.31. The largest absolute Gasteiger partial charge is 0.361 e. The van der Waals surface area contributed by atoms with E-state index in [4.69, 9.17) is 4.52 Å². The molecule has 0 amide bonds. The predicted octanol–water partition coefficient (Wildman–Crippen LogP) is 3.69. The lowest BCUT2D eigenvalue weighted by Gasteiger charge is -2.25. The van der Waals surface area contributed by atoms with Gasteiger partial charge in [0.2, 0.25) is 10.0 Å². The number of benzene rings is 1. The molecule has 0 spiro atoms. The number of aryl methyl sites for hydroxylation is 4. The van der Waals surface area contributed by atoms with Crippen LogP contribution in [0, 0.1) is 20.8 Å². The first kappa shape index (κ1) is 17.2. The molecule has 0 radical (unpaired) electrons. The van der Waals surface area contributed by atoms with E-state index in [2.05, 4.69) is 5.16 Å². The van der Waals surface area contributed by atoms with Gasteiger partial charge < -0.3 is 4.52 Å². The van der Waals surface area contributed by atoms with E-state index in [0.717, 1.165) is 41.0 Å².